The van der Waals surface area contributed by atoms with Crippen molar-refractivity contribution >= 4 is 46.9 Å². The van der Waals surface area contributed by atoms with Crippen LogP contribution in [0, 0.1) is 0 Å². The van der Waals surface area contributed by atoms with Crippen LogP contribution in [0.25, 0.3) is 0 Å². The zero-order chi connectivity index (χ0) is 20.3. The monoisotopic (exact) mass is 399 g/mol. The van der Waals surface area contributed by atoms with E-state index in [0.717, 1.165) is 9.80 Å². The number of methoxy groups -OCH3 is 1. The summed E-state index contributed by atoms with van der Waals surface area (Å²) in [6.07, 6.45) is 1.90. The van der Waals surface area contributed by atoms with Crippen molar-refractivity contribution in [3.8, 4) is 5.75 Å². The molecule has 0 spiro atoms. The number of nitrogens with zero attached hydrogens (tertiary/aromatic N) is 2. The van der Waals surface area contributed by atoms with E-state index in [1.165, 1.54) is 31.0 Å². The van der Waals surface area contributed by atoms with Gasteiger partial charge >= 0.3 is 17.8 Å². The molecule has 28 heavy (non-hydrogen) atoms. The van der Waals surface area contributed by atoms with Gasteiger partial charge in [0.1, 0.15) is 12.3 Å². The highest BCUT2D eigenvalue weighted by atomic mass is 32.2. The summed E-state index contributed by atoms with van der Waals surface area (Å²) in [4.78, 5) is 51.6. The Labute approximate surface area is 165 Å². The van der Waals surface area contributed by atoms with E-state index in [1.54, 1.807) is 30.3 Å². The lowest BCUT2D eigenvalue weighted by Crippen LogP contribution is -2.39. The van der Waals surface area contributed by atoms with Crippen LogP contribution in [0.5, 0.6) is 5.75 Å². The zero-order valence-electron chi connectivity index (χ0n) is 15.2. The van der Waals surface area contributed by atoms with Gasteiger partial charge in [-0.05, 0) is 48.7 Å². The number of rotatable bonds is 6. The Morgan fingerprint density at radius 1 is 1.07 bits per heavy atom. The van der Waals surface area contributed by atoms with Gasteiger partial charge in [0.25, 0.3) is 0 Å². The van der Waals surface area contributed by atoms with Crippen molar-refractivity contribution in [2.45, 2.75) is 4.90 Å². The van der Waals surface area contributed by atoms with Crippen LogP contribution in [0.3, 0.4) is 0 Å². The van der Waals surface area contributed by atoms with Gasteiger partial charge in [-0.2, -0.15) is 0 Å². The Bertz CT molecular complexity index is 945. The number of imide groups is 2. The third kappa shape index (κ3) is 3.84. The van der Waals surface area contributed by atoms with Crippen molar-refractivity contribution in [1.29, 1.82) is 0 Å². The largest absolute Gasteiger partial charge is 0.497 e. The summed E-state index contributed by atoms with van der Waals surface area (Å²) >= 11 is 1.51. The van der Waals surface area contributed by atoms with Crippen molar-refractivity contribution in [3.05, 3.63) is 48.5 Å². The molecule has 8 nitrogen and oxygen atoms in total. The molecule has 1 heterocycles. The SMILES string of the molecule is COc1ccc(N2C(=O)C(=O)N(CC(=O)Nc3cccc(SC)c3)C2=O)cc1. The summed E-state index contributed by atoms with van der Waals surface area (Å²) in [5.41, 5.74) is 0.758. The van der Waals surface area contributed by atoms with Crippen LogP contribution >= 0.6 is 11.8 Å². The quantitative estimate of drug-likeness (QED) is 0.455. The lowest BCUT2D eigenvalue weighted by Gasteiger charge is -2.15. The van der Waals surface area contributed by atoms with Crippen molar-refractivity contribution in [3.63, 3.8) is 0 Å². The minimum absolute atomic E-state index is 0.222. The van der Waals surface area contributed by atoms with E-state index in [0.29, 0.717) is 16.3 Å². The van der Waals surface area contributed by atoms with Gasteiger partial charge in [-0.15, -0.1) is 11.8 Å². The standard InChI is InChI=1S/C19H17N3O5S/c1-27-14-8-6-13(7-9-14)22-18(25)17(24)21(19(22)26)11-16(23)20-12-4-3-5-15(10-12)28-2/h3-10H,11H2,1-2H3,(H,20,23). The summed E-state index contributed by atoms with van der Waals surface area (Å²) in [5, 5.41) is 2.62. The Kier molecular flexibility index (Phi) is 5.65. The second kappa shape index (κ2) is 8.13. The van der Waals surface area contributed by atoms with Crippen LogP contribution in [0.2, 0.25) is 0 Å². The third-order valence-electron chi connectivity index (χ3n) is 4.04. The lowest BCUT2D eigenvalue weighted by atomic mass is 10.3. The third-order valence-corrected chi connectivity index (χ3v) is 4.76. The van der Waals surface area contributed by atoms with Crippen LogP contribution in [-0.2, 0) is 14.4 Å². The van der Waals surface area contributed by atoms with Gasteiger partial charge < -0.3 is 10.1 Å². The molecular formula is C19H17N3O5S. The molecule has 0 atom stereocenters. The molecule has 5 amide bonds. The summed E-state index contributed by atoms with van der Waals surface area (Å²) in [5.74, 6) is -2.09. The van der Waals surface area contributed by atoms with E-state index in [9.17, 15) is 19.2 Å². The smallest absolute Gasteiger partial charge is 0.339 e. The topological polar surface area (TPSA) is 96.0 Å². The number of hydrogen-bond donors (Lipinski definition) is 1. The van der Waals surface area contributed by atoms with Crippen molar-refractivity contribution in [2.24, 2.45) is 0 Å². The van der Waals surface area contributed by atoms with Crippen LogP contribution in [0.1, 0.15) is 0 Å². The van der Waals surface area contributed by atoms with Gasteiger partial charge in [0.15, 0.2) is 0 Å². The zero-order valence-corrected chi connectivity index (χ0v) is 16.0. The predicted molar refractivity (Wildman–Crippen MR) is 104 cm³/mol. The first-order valence-corrected chi connectivity index (χ1v) is 9.45. The molecular weight excluding hydrogens is 382 g/mol. The van der Waals surface area contributed by atoms with Gasteiger partial charge in [-0.25, -0.2) is 14.6 Å². The highest BCUT2D eigenvalue weighted by Gasteiger charge is 2.46. The normalized spacial score (nSPS) is 13.9. The van der Waals surface area contributed by atoms with Gasteiger partial charge in [-0.1, -0.05) is 6.07 Å². The minimum atomic E-state index is -1.05. The van der Waals surface area contributed by atoms with E-state index in [-0.39, 0.29) is 5.69 Å². The summed E-state index contributed by atoms with van der Waals surface area (Å²) < 4.78 is 5.03. The number of urea groups is 1. The first-order chi connectivity index (χ1) is 13.4. The highest BCUT2D eigenvalue weighted by Crippen LogP contribution is 2.25. The molecule has 2 aromatic rings. The number of carbonyl (C=O) groups is 4. The molecule has 1 N–H and O–H groups in total. The molecule has 0 aliphatic carbocycles. The molecule has 0 unspecified atom stereocenters. The van der Waals surface area contributed by atoms with Gasteiger partial charge in [0, 0.05) is 10.6 Å². The molecule has 1 saturated heterocycles. The van der Waals surface area contributed by atoms with E-state index in [1.807, 2.05) is 12.3 Å². The number of carbonyl (C=O) groups excluding carboxylic acids is 4. The molecule has 1 aliphatic heterocycles. The molecule has 1 aliphatic rings. The fraction of sp³-hybridized carbons (Fsp3) is 0.158. The molecule has 0 saturated carbocycles. The number of thioether (sulfide) groups is 1. The molecule has 9 heteroatoms. The van der Waals surface area contributed by atoms with Crippen molar-refractivity contribution in [2.75, 3.05) is 30.1 Å². The molecule has 0 bridgehead atoms. The molecule has 0 aromatic heterocycles. The van der Waals surface area contributed by atoms with E-state index in [4.69, 9.17) is 4.74 Å². The first-order valence-electron chi connectivity index (χ1n) is 8.22. The van der Waals surface area contributed by atoms with Crippen molar-refractivity contribution < 1.29 is 23.9 Å². The first kappa shape index (κ1) is 19.4. The van der Waals surface area contributed by atoms with Gasteiger partial charge in [-0.3, -0.25) is 14.4 Å². The number of benzene rings is 2. The van der Waals surface area contributed by atoms with E-state index < -0.39 is 30.3 Å². The maximum Gasteiger partial charge on any atom is 0.339 e. The maximum atomic E-state index is 12.6. The molecule has 2 aromatic carbocycles. The number of anilines is 2. The molecule has 144 valence electrons. The van der Waals surface area contributed by atoms with Crippen LogP contribution in [0.15, 0.2) is 53.4 Å². The summed E-state index contributed by atoms with van der Waals surface area (Å²) in [6, 6.07) is 12.4. The predicted octanol–water partition coefficient (Wildman–Crippen LogP) is 2.35. The summed E-state index contributed by atoms with van der Waals surface area (Å²) in [7, 11) is 1.49. The number of hydrogen-bond acceptors (Lipinski definition) is 6. The minimum Gasteiger partial charge on any atom is -0.497 e. The van der Waals surface area contributed by atoms with E-state index >= 15 is 0 Å². The van der Waals surface area contributed by atoms with Gasteiger partial charge in [0.05, 0.1) is 12.8 Å². The Balaban J connectivity index is 1.73. The van der Waals surface area contributed by atoms with Gasteiger partial charge in [0.2, 0.25) is 5.91 Å². The number of ether oxygens (including phenoxy) is 1. The summed E-state index contributed by atoms with van der Waals surface area (Å²) in [6.45, 7) is -0.556. The fourth-order valence-electron chi connectivity index (χ4n) is 2.65. The Hall–Kier alpha value is -3.33. The second-order valence-electron chi connectivity index (χ2n) is 5.79. The van der Waals surface area contributed by atoms with E-state index in [2.05, 4.69) is 5.32 Å². The number of nitrogens with one attached hydrogen (secondary N) is 1. The Morgan fingerprint density at radius 2 is 1.79 bits per heavy atom. The molecule has 0 radical (unpaired) electrons. The lowest BCUT2D eigenvalue weighted by molar-refractivity contribution is -0.140. The second-order valence-corrected chi connectivity index (χ2v) is 6.67. The maximum absolute atomic E-state index is 12.6. The average Bonchev–Trinajstić information content (AvgIpc) is 2.91. The van der Waals surface area contributed by atoms with Crippen LogP contribution in [0.4, 0.5) is 16.2 Å². The van der Waals surface area contributed by atoms with Crippen LogP contribution in [-0.4, -0.2) is 48.6 Å². The average molecular weight is 399 g/mol. The molecule has 3 rings (SSSR count). The fourth-order valence-corrected chi connectivity index (χ4v) is 3.11. The molecule has 1 fully saturated rings. The van der Waals surface area contributed by atoms with Crippen molar-refractivity contribution in [1.82, 2.24) is 4.90 Å². The van der Waals surface area contributed by atoms with Crippen LogP contribution < -0.4 is 15.0 Å². The number of amides is 5. The highest BCUT2D eigenvalue weighted by molar-refractivity contribution is 7.98. The Morgan fingerprint density at radius 3 is 2.43 bits per heavy atom.